The van der Waals surface area contributed by atoms with Crippen LogP contribution in [0.4, 0.5) is 0 Å². The van der Waals surface area contributed by atoms with E-state index in [0.717, 1.165) is 11.1 Å². The normalized spacial score (nSPS) is 13.9. The van der Waals surface area contributed by atoms with Gasteiger partial charge in [-0.25, -0.2) is 0 Å². The first kappa shape index (κ1) is 26.0. The van der Waals surface area contributed by atoms with E-state index in [1.54, 1.807) is 36.4 Å². The minimum Gasteiger partial charge on any atom is -0.266 e. The van der Waals surface area contributed by atoms with E-state index in [9.17, 15) is 16.8 Å². The molecule has 0 amide bonds. The molecule has 0 fully saturated rings. The molecule has 2 rings (SSSR count). The molecular weight excluding hydrogens is 448 g/mol. The Hall–Kier alpha value is -2.26. The monoisotopic (exact) mass is 478 g/mol. The van der Waals surface area contributed by atoms with Gasteiger partial charge in [-0.15, -0.1) is 13.2 Å². The van der Waals surface area contributed by atoms with E-state index in [2.05, 4.69) is 13.2 Å². The molecule has 0 spiro atoms. The van der Waals surface area contributed by atoms with Crippen molar-refractivity contribution in [3.63, 3.8) is 0 Å². The molecule has 32 heavy (non-hydrogen) atoms. The van der Waals surface area contributed by atoms with Crippen molar-refractivity contribution in [2.75, 3.05) is 13.2 Å². The molecule has 0 heterocycles. The van der Waals surface area contributed by atoms with E-state index >= 15 is 0 Å². The van der Waals surface area contributed by atoms with Crippen molar-refractivity contribution in [1.82, 2.24) is 0 Å². The molecule has 0 unspecified atom stereocenters. The van der Waals surface area contributed by atoms with Crippen molar-refractivity contribution in [2.24, 2.45) is 11.8 Å². The lowest BCUT2D eigenvalue weighted by Crippen LogP contribution is -2.18. The summed E-state index contributed by atoms with van der Waals surface area (Å²) < 4.78 is 59.7. The molecule has 0 bridgehead atoms. The first-order valence-corrected chi connectivity index (χ1v) is 13.1. The second kappa shape index (κ2) is 11.6. The Morgan fingerprint density at radius 2 is 1.00 bits per heavy atom. The highest BCUT2D eigenvalue weighted by atomic mass is 32.2. The molecule has 174 valence electrons. The van der Waals surface area contributed by atoms with Gasteiger partial charge in [-0.2, -0.15) is 16.8 Å². The maximum Gasteiger partial charge on any atom is 0.296 e. The molecular formula is C24H30O6S2. The SMILES string of the molecule is C=C[C@H](CCOS(=O)(=O)c1ccc(C)cc1)[C@@H](C=C)CCOS(=O)(=O)c1ccc(C)cc1. The van der Waals surface area contributed by atoms with Crippen molar-refractivity contribution < 1.29 is 25.2 Å². The lowest BCUT2D eigenvalue weighted by atomic mass is 9.87. The largest absolute Gasteiger partial charge is 0.296 e. The fourth-order valence-electron chi connectivity index (χ4n) is 3.15. The zero-order valence-corrected chi connectivity index (χ0v) is 20.1. The van der Waals surface area contributed by atoms with Crippen LogP contribution in [0.25, 0.3) is 0 Å². The molecule has 0 saturated heterocycles. The third-order valence-corrected chi connectivity index (χ3v) is 7.81. The van der Waals surface area contributed by atoms with Crippen molar-refractivity contribution >= 4 is 20.2 Å². The first-order chi connectivity index (χ1) is 15.1. The van der Waals surface area contributed by atoms with Crippen molar-refractivity contribution in [1.29, 1.82) is 0 Å². The summed E-state index contributed by atoms with van der Waals surface area (Å²) in [6.07, 6.45) is 4.16. The average Bonchev–Trinajstić information content (AvgIpc) is 2.75. The van der Waals surface area contributed by atoms with Crippen LogP contribution in [0.2, 0.25) is 0 Å². The molecule has 0 aromatic heterocycles. The van der Waals surface area contributed by atoms with Crippen LogP contribution in [0, 0.1) is 25.7 Å². The molecule has 0 N–H and O–H groups in total. The number of aryl methyl sites for hydroxylation is 2. The highest BCUT2D eigenvalue weighted by Crippen LogP contribution is 2.24. The van der Waals surface area contributed by atoms with E-state index in [4.69, 9.17) is 8.37 Å². The van der Waals surface area contributed by atoms with Gasteiger partial charge in [-0.1, -0.05) is 47.5 Å². The lowest BCUT2D eigenvalue weighted by molar-refractivity contribution is 0.248. The number of allylic oxidation sites excluding steroid dienone is 2. The van der Waals surface area contributed by atoms with Crippen LogP contribution >= 0.6 is 0 Å². The summed E-state index contributed by atoms with van der Waals surface area (Å²) in [5, 5.41) is 0. The molecule has 2 aromatic rings. The van der Waals surface area contributed by atoms with Crippen molar-refractivity contribution in [3.8, 4) is 0 Å². The smallest absolute Gasteiger partial charge is 0.266 e. The summed E-state index contributed by atoms with van der Waals surface area (Å²) in [7, 11) is -7.70. The van der Waals surface area contributed by atoms with Crippen molar-refractivity contribution in [3.05, 3.63) is 85.0 Å². The second-order valence-corrected chi connectivity index (χ2v) is 10.8. The van der Waals surface area contributed by atoms with Gasteiger partial charge in [0.1, 0.15) is 0 Å². The minimum atomic E-state index is -3.85. The van der Waals surface area contributed by atoms with Crippen LogP contribution in [0.5, 0.6) is 0 Å². The summed E-state index contributed by atoms with van der Waals surface area (Å²) in [6, 6.07) is 12.9. The third-order valence-electron chi connectivity index (χ3n) is 5.15. The Morgan fingerprint density at radius 3 is 1.28 bits per heavy atom. The van der Waals surface area contributed by atoms with Gasteiger partial charge in [0, 0.05) is 0 Å². The van der Waals surface area contributed by atoms with Crippen molar-refractivity contribution in [2.45, 2.75) is 36.5 Å². The van der Waals surface area contributed by atoms with Crippen LogP contribution < -0.4 is 0 Å². The number of benzene rings is 2. The predicted molar refractivity (Wildman–Crippen MR) is 125 cm³/mol. The molecule has 2 aromatic carbocycles. The van der Waals surface area contributed by atoms with Gasteiger partial charge in [0.2, 0.25) is 0 Å². The predicted octanol–water partition coefficient (Wildman–Crippen LogP) is 4.80. The molecule has 0 saturated carbocycles. The van der Waals surface area contributed by atoms with E-state index in [1.807, 2.05) is 13.8 Å². The number of hydrogen-bond acceptors (Lipinski definition) is 6. The Bertz CT molecular complexity index is 1010. The standard InChI is InChI=1S/C24H30O6S2/c1-5-21(15-17-29-31(25,26)23-11-7-19(3)8-12-23)22(6-2)16-18-30-32(27,28)24-13-9-20(4)10-14-24/h5-14,21-22H,1-2,15-18H2,3-4H3/t21-,22+. The third kappa shape index (κ3) is 7.41. The van der Waals surface area contributed by atoms with Crippen LogP contribution in [-0.4, -0.2) is 30.0 Å². The maximum atomic E-state index is 12.3. The van der Waals surface area contributed by atoms with Gasteiger partial charge in [0.15, 0.2) is 0 Å². The van der Waals surface area contributed by atoms with Gasteiger partial charge < -0.3 is 0 Å². The summed E-state index contributed by atoms with van der Waals surface area (Å²) in [6.45, 7) is 11.3. The minimum absolute atomic E-state index is 0.0280. The second-order valence-electron chi connectivity index (χ2n) is 7.55. The van der Waals surface area contributed by atoms with Gasteiger partial charge in [-0.3, -0.25) is 8.37 Å². The number of rotatable bonds is 13. The van der Waals surface area contributed by atoms with Crippen LogP contribution in [0.15, 0.2) is 83.6 Å². The zero-order chi connectivity index (χ0) is 23.8. The Labute approximate surface area is 191 Å². The fourth-order valence-corrected chi connectivity index (χ4v) is 4.99. The topological polar surface area (TPSA) is 86.7 Å². The average molecular weight is 479 g/mol. The summed E-state index contributed by atoms with van der Waals surface area (Å²) in [5.74, 6) is -0.294. The van der Waals surface area contributed by atoms with E-state index in [-0.39, 0.29) is 34.8 Å². The highest BCUT2D eigenvalue weighted by Gasteiger charge is 2.21. The maximum absolute atomic E-state index is 12.3. The molecule has 0 radical (unpaired) electrons. The molecule has 0 aliphatic heterocycles. The van der Waals surface area contributed by atoms with Crippen LogP contribution in [0.3, 0.4) is 0 Å². The highest BCUT2D eigenvalue weighted by molar-refractivity contribution is 7.87. The molecule has 0 aliphatic carbocycles. The lowest BCUT2D eigenvalue weighted by Gasteiger charge is -2.21. The Kier molecular flexibility index (Phi) is 9.39. The van der Waals surface area contributed by atoms with Gasteiger partial charge in [0.25, 0.3) is 20.2 Å². The zero-order valence-electron chi connectivity index (χ0n) is 18.4. The summed E-state index contributed by atoms with van der Waals surface area (Å²) in [4.78, 5) is 0.210. The van der Waals surface area contributed by atoms with E-state index in [1.165, 1.54) is 24.3 Å². The summed E-state index contributed by atoms with van der Waals surface area (Å²) >= 11 is 0. The van der Waals surface area contributed by atoms with Gasteiger partial charge in [-0.05, 0) is 62.8 Å². The van der Waals surface area contributed by atoms with E-state index < -0.39 is 20.2 Å². The Balaban J connectivity index is 1.89. The first-order valence-electron chi connectivity index (χ1n) is 10.3. The van der Waals surface area contributed by atoms with E-state index in [0.29, 0.717) is 12.8 Å². The fraction of sp³-hybridized carbons (Fsp3) is 0.333. The number of hydrogen-bond donors (Lipinski definition) is 0. The molecule has 8 heteroatoms. The van der Waals surface area contributed by atoms with Gasteiger partial charge in [0.05, 0.1) is 23.0 Å². The molecule has 2 atom stereocenters. The van der Waals surface area contributed by atoms with Gasteiger partial charge >= 0.3 is 0 Å². The summed E-state index contributed by atoms with van der Waals surface area (Å²) in [5.41, 5.74) is 1.91. The molecule has 0 aliphatic rings. The Morgan fingerprint density at radius 1 is 0.688 bits per heavy atom. The van der Waals surface area contributed by atoms with Crippen LogP contribution in [-0.2, 0) is 28.6 Å². The quantitative estimate of drug-likeness (QED) is 0.304. The van der Waals surface area contributed by atoms with Crippen LogP contribution in [0.1, 0.15) is 24.0 Å². The molecule has 6 nitrogen and oxygen atoms in total.